The predicted octanol–water partition coefficient (Wildman–Crippen LogP) is 3.43. The van der Waals surface area contributed by atoms with Crippen molar-refractivity contribution < 1.29 is 9.59 Å². The van der Waals surface area contributed by atoms with E-state index < -0.39 is 0 Å². The molecule has 0 aromatic heterocycles. The Labute approximate surface area is 154 Å². The number of benzene rings is 2. The lowest BCUT2D eigenvalue weighted by Crippen LogP contribution is -2.46. The minimum atomic E-state index is -0.0856. The van der Waals surface area contributed by atoms with E-state index in [2.05, 4.69) is 5.32 Å². The summed E-state index contributed by atoms with van der Waals surface area (Å²) < 4.78 is 0. The van der Waals surface area contributed by atoms with Crippen LogP contribution in [0.3, 0.4) is 0 Å². The third kappa shape index (κ3) is 4.60. The molecule has 1 fully saturated rings. The fraction of sp³-hybridized carbons (Fsp3) is 0.273. The molecule has 4 heteroatoms. The third-order valence-corrected chi connectivity index (χ3v) is 4.73. The van der Waals surface area contributed by atoms with Gasteiger partial charge in [0.15, 0.2) is 0 Å². The van der Waals surface area contributed by atoms with Gasteiger partial charge in [0.05, 0.1) is 0 Å². The van der Waals surface area contributed by atoms with Crippen molar-refractivity contribution in [3.05, 3.63) is 77.4 Å². The molecule has 1 aliphatic heterocycles. The lowest BCUT2D eigenvalue weighted by Gasteiger charge is -2.32. The first kappa shape index (κ1) is 17.9. The highest BCUT2D eigenvalue weighted by Gasteiger charge is 2.24. The van der Waals surface area contributed by atoms with Crippen LogP contribution < -0.4 is 5.32 Å². The number of rotatable bonds is 4. The van der Waals surface area contributed by atoms with Crippen LogP contribution in [-0.4, -0.2) is 35.8 Å². The summed E-state index contributed by atoms with van der Waals surface area (Å²) in [4.78, 5) is 26.6. The van der Waals surface area contributed by atoms with E-state index >= 15 is 0 Å². The first-order chi connectivity index (χ1) is 12.6. The molecule has 0 spiro atoms. The molecular weight excluding hydrogens is 324 g/mol. The van der Waals surface area contributed by atoms with Crippen LogP contribution in [0.25, 0.3) is 6.08 Å². The minimum Gasteiger partial charge on any atom is -0.350 e. The molecule has 2 amide bonds. The van der Waals surface area contributed by atoms with Gasteiger partial charge in [-0.15, -0.1) is 0 Å². The molecule has 0 aliphatic carbocycles. The number of carbonyl (C=O) groups is 2. The first-order valence-corrected chi connectivity index (χ1v) is 9.02. The van der Waals surface area contributed by atoms with Crippen molar-refractivity contribution in [2.24, 2.45) is 0 Å². The summed E-state index contributed by atoms with van der Waals surface area (Å²) in [5.74, 6) is -0.00520. The molecule has 0 atom stereocenters. The molecule has 3 rings (SSSR count). The van der Waals surface area contributed by atoms with Crippen LogP contribution in [0, 0.1) is 6.92 Å². The van der Waals surface area contributed by atoms with Crippen molar-refractivity contribution in [1.82, 2.24) is 10.2 Å². The van der Waals surface area contributed by atoms with E-state index in [1.807, 2.05) is 72.5 Å². The number of nitrogens with zero attached hydrogens (tertiary/aromatic N) is 1. The van der Waals surface area contributed by atoms with Crippen LogP contribution >= 0.6 is 0 Å². The molecule has 0 saturated carbocycles. The minimum absolute atomic E-state index is 0.0804. The summed E-state index contributed by atoms with van der Waals surface area (Å²) in [5, 5.41) is 3.04. The van der Waals surface area contributed by atoms with Gasteiger partial charge in [0.25, 0.3) is 5.91 Å². The van der Waals surface area contributed by atoms with Crippen molar-refractivity contribution in [3.8, 4) is 0 Å². The summed E-state index contributed by atoms with van der Waals surface area (Å²) >= 11 is 0. The van der Waals surface area contributed by atoms with Crippen LogP contribution in [0.15, 0.2) is 60.7 Å². The molecule has 0 unspecified atom stereocenters. The molecule has 134 valence electrons. The van der Waals surface area contributed by atoms with E-state index in [-0.39, 0.29) is 17.9 Å². The summed E-state index contributed by atoms with van der Waals surface area (Å²) in [7, 11) is 0. The number of hydrogen-bond donors (Lipinski definition) is 1. The second kappa shape index (κ2) is 8.48. The predicted molar refractivity (Wildman–Crippen MR) is 104 cm³/mol. The van der Waals surface area contributed by atoms with Crippen LogP contribution in [0.4, 0.5) is 0 Å². The highest BCUT2D eigenvalue weighted by atomic mass is 16.2. The van der Waals surface area contributed by atoms with Gasteiger partial charge in [0, 0.05) is 30.8 Å². The van der Waals surface area contributed by atoms with E-state index in [1.165, 1.54) is 0 Å². The van der Waals surface area contributed by atoms with E-state index in [0.717, 1.165) is 29.5 Å². The average Bonchev–Trinajstić information content (AvgIpc) is 2.68. The number of amides is 2. The zero-order valence-electron chi connectivity index (χ0n) is 15.0. The highest BCUT2D eigenvalue weighted by molar-refractivity contribution is 5.95. The fourth-order valence-electron chi connectivity index (χ4n) is 3.20. The van der Waals surface area contributed by atoms with Crippen LogP contribution in [-0.2, 0) is 4.79 Å². The largest absolute Gasteiger partial charge is 0.350 e. The van der Waals surface area contributed by atoms with Gasteiger partial charge >= 0.3 is 0 Å². The van der Waals surface area contributed by atoms with Crippen LogP contribution in [0.2, 0.25) is 0 Å². The standard InChI is InChI=1S/C22H24N2O2/c1-17-7-5-6-10-20(17)22(26)24-15-13-19(14-16-24)23-21(25)12-11-18-8-3-2-4-9-18/h2-12,19H,13-16H2,1H3,(H,23,25)/b12-11+. The molecule has 0 radical (unpaired) electrons. The maximum atomic E-state index is 12.6. The molecule has 2 aromatic carbocycles. The number of nitrogens with one attached hydrogen (secondary N) is 1. The molecule has 1 aliphatic rings. The Morgan fingerprint density at radius 1 is 1.00 bits per heavy atom. The Morgan fingerprint density at radius 2 is 1.65 bits per heavy atom. The summed E-state index contributed by atoms with van der Waals surface area (Å²) in [5.41, 5.74) is 2.76. The van der Waals surface area contributed by atoms with Gasteiger partial charge in [-0.2, -0.15) is 0 Å². The average molecular weight is 348 g/mol. The van der Waals surface area contributed by atoms with Gasteiger partial charge in [0.1, 0.15) is 0 Å². The highest BCUT2D eigenvalue weighted by Crippen LogP contribution is 2.16. The second-order valence-electron chi connectivity index (χ2n) is 6.63. The second-order valence-corrected chi connectivity index (χ2v) is 6.63. The van der Waals surface area contributed by atoms with E-state index in [1.54, 1.807) is 6.08 Å². The zero-order chi connectivity index (χ0) is 18.4. The Hall–Kier alpha value is -2.88. The van der Waals surface area contributed by atoms with E-state index in [0.29, 0.717) is 13.1 Å². The van der Waals surface area contributed by atoms with Crippen molar-refractivity contribution in [2.75, 3.05) is 13.1 Å². The van der Waals surface area contributed by atoms with Gasteiger partial charge in [-0.1, -0.05) is 48.5 Å². The van der Waals surface area contributed by atoms with Gasteiger partial charge in [-0.25, -0.2) is 0 Å². The molecule has 2 aromatic rings. The van der Waals surface area contributed by atoms with Crippen molar-refractivity contribution in [2.45, 2.75) is 25.8 Å². The van der Waals surface area contributed by atoms with Gasteiger partial charge in [-0.05, 0) is 43.0 Å². The number of piperidine rings is 1. The zero-order valence-corrected chi connectivity index (χ0v) is 15.0. The number of hydrogen-bond acceptors (Lipinski definition) is 2. The fourth-order valence-corrected chi connectivity index (χ4v) is 3.20. The molecule has 0 bridgehead atoms. The Kier molecular flexibility index (Phi) is 5.84. The normalized spacial score (nSPS) is 15.2. The van der Waals surface area contributed by atoms with Crippen molar-refractivity contribution in [3.63, 3.8) is 0 Å². The molecule has 1 heterocycles. The van der Waals surface area contributed by atoms with Crippen molar-refractivity contribution >= 4 is 17.9 Å². The Balaban J connectivity index is 1.49. The van der Waals surface area contributed by atoms with Gasteiger partial charge in [0.2, 0.25) is 5.91 Å². The summed E-state index contributed by atoms with van der Waals surface area (Å²) in [6.45, 7) is 3.29. The Bertz CT molecular complexity index is 791. The molecule has 1 saturated heterocycles. The third-order valence-electron chi connectivity index (χ3n) is 4.73. The molecule has 26 heavy (non-hydrogen) atoms. The summed E-state index contributed by atoms with van der Waals surface area (Å²) in [6.07, 6.45) is 4.94. The number of likely N-dealkylation sites (tertiary alicyclic amines) is 1. The van der Waals surface area contributed by atoms with E-state index in [9.17, 15) is 9.59 Å². The molecule has 4 nitrogen and oxygen atoms in total. The van der Waals surface area contributed by atoms with Crippen LogP contribution in [0.5, 0.6) is 0 Å². The van der Waals surface area contributed by atoms with Crippen LogP contribution in [0.1, 0.15) is 34.3 Å². The smallest absolute Gasteiger partial charge is 0.254 e. The van der Waals surface area contributed by atoms with Crippen molar-refractivity contribution in [1.29, 1.82) is 0 Å². The topological polar surface area (TPSA) is 49.4 Å². The number of aryl methyl sites for hydroxylation is 1. The van der Waals surface area contributed by atoms with Gasteiger partial charge < -0.3 is 10.2 Å². The van der Waals surface area contributed by atoms with Gasteiger partial charge in [-0.3, -0.25) is 9.59 Å². The Morgan fingerprint density at radius 3 is 2.35 bits per heavy atom. The first-order valence-electron chi connectivity index (χ1n) is 9.02. The molecular formula is C22H24N2O2. The monoisotopic (exact) mass is 348 g/mol. The maximum absolute atomic E-state index is 12.6. The maximum Gasteiger partial charge on any atom is 0.254 e. The SMILES string of the molecule is Cc1ccccc1C(=O)N1CCC(NC(=O)/C=C/c2ccccc2)CC1. The molecule has 1 N–H and O–H groups in total. The lowest BCUT2D eigenvalue weighted by atomic mass is 10.0. The van der Waals surface area contributed by atoms with E-state index in [4.69, 9.17) is 0 Å². The lowest BCUT2D eigenvalue weighted by molar-refractivity contribution is -0.117. The summed E-state index contributed by atoms with van der Waals surface area (Å²) in [6, 6.07) is 17.5. The quantitative estimate of drug-likeness (QED) is 0.861. The number of carbonyl (C=O) groups excluding carboxylic acids is 2.